The first kappa shape index (κ1) is 15.2. The lowest BCUT2D eigenvalue weighted by molar-refractivity contribution is 0.104. The quantitative estimate of drug-likeness (QED) is 0.557. The standard InChI is InChI=1S/C18H13ClO4/c1-22-18-9-17-13(8-16(18)21)14(10-23-17)15(20)6-5-11-3-2-4-12(19)7-11/h2-10,21H,1H3/b6-5+. The summed E-state index contributed by atoms with van der Waals surface area (Å²) in [7, 11) is 1.45. The van der Waals surface area contributed by atoms with E-state index in [1.54, 1.807) is 24.3 Å². The molecule has 23 heavy (non-hydrogen) atoms. The third-order valence-electron chi connectivity index (χ3n) is 3.42. The minimum atomic E-state index is -0.228. The Kier molecular flexibility index (Phi) is 4.08. The van der Waals surface area contributed by atoms with Gasteiger partial charge in [-0.2, -0.15) is 0 Å². The Balaban J connectivity index is 1.93. The summed E-state index contributed by atoms with van der Waals surface area (Å²) in [5.74, 6) is 0.0166. The summed E-state index contributed by atoms with van der Waals surface area (Å²) < 4.78 is 10.4. The highest BCUT2D eigenvalue weighted by atomic mass is 35.5. The van der Waals surface area contributed by atoms with E-state index >= 15 is 0 Å². The second kappa shape index (κ2) is 6.18. The molecule has 2 aromatic carbocycles. The lowest BCUT2D eigenvalue weighted by Crippen LogP contribution is -1.92. The van der Waals surface area contributed by atoms with Gasteiger partial charge in [-0.15, -0.1) is 0 Å². The molecule has 0 saturated heterocycles. The van der Waals surface area contributed by atoms with Crippen LogP contribution in [0.25, 0.3) is 17.0 Å². The van der Waals surface area contributed by atoms with Gasteiger partial charge >= 0.3 is 0 Å². The molecule has 3 rings (SSSR count). The predicted octanol–water partition coefficient (Wildman–Crippen LogP) is 4.70. The number of carbonyl (C=O) groups is 1. The van der Waals surface area contributed by atoms with E-state index in [1.165, 1.54) is 25.5 Å². The summed E-state index contributed by atoms with van der Waals surface area (Å²) in [6, 6.07) is 10.2. The maximum absolute atomic E-state index is 12.4. The molecular formula is C18H13ClO4. The van der Waals surface area contributed by atoms with E-state index in [2.05, 4.69) is 0 Å². The van der Waals surface area contributed by atoms with E-state index in [0.717, 1.165) is 5.56 Å². The van der Waals surface area contributed by atoms with E-state index in [4.69, 9.17) is 20.8 Å². The molecule has 0 bridgehead atoms. The number of hydrogen-bond acceptors (Lipinski definition) is 4. The van der Waals surface area contributed by atoms with Crippen LogP contribution < -0.4 is 4.74 Å². The number of benzene rings is 2. The van der Waals surface area contributed by atoms with Gasteiger partial charge in [-0.3, -0.25) is 4.79 Å². The zero-order valence-electron chi connectivity index (χ0n) is 12.2. The number of furan rings is 1. The van der Waals surface area contributed by atoms with Gasteiger partial charge in [0, 0.05) is 16.5 Å². The van der Waals surface area contributed by atoms with Gasteiger partial charge < -0.3 is 14.3 Å². The number of carbonyl (C=O) groups excluding carboxylic acids is 1. The third kappa shape index (κ3) is 3.07. The summed E-state index contributed by atoms with van der Waals surface area (Å²) in [6.45, 7) is 0. The van der Waals surface area contributed by atoms with E-state index in [9.17, 15) is 9.90 Å². The number of aromatic hydroxyl groups is 1. The molecule has 0 spiro atoms. The first-order valence-electron chi connectivity index (χ1n) is 6.84. The van der Waals surface area contributed by atoms with Crippen LogP contribution >= 0.6 is 11.6 Å². The number of ether oxygens (including phenoxy) is 1. The van der Waals surface area contributed by atoms with Crippen LogP contribution in [0.4, 0.5) is 0 Å². The van der Waals surface area contributed by atoms with Crippen LogP contribution in [0.15, 0.2) is 53.2 Å². The second-order valence-corrected chi connectivity index (χ2v) is 5.36. The van der Waals surface area contributed by atoms with Crippen molar-refractivity contribution in [2.45, 2.75) is 0 Å². The average molecular weight is 329 g/mol. The number of phenols is 1. The number of methoxy groups -OCH3 is 1. The summed E-state index contributed by atoms with van der Waals surface area (Å²) in [5.41, 5.74) is 1.67. The molecule has 0 aliphatic heterocycles. The maximum Gasteiger partial charge on any atom is 0.189 e. The van der Waals surface area contributed by atoms with Crippen molar-refractivity contribution in [3.05, 3.63) is 64.9 Å². The lowest BCUT2D eigenvalue weighted by atomic mass is 10.1. The fourth-order valence-electron chi connectivity index (χ4n) is 2.27. The van der Waals surface area contributed by atoms with Gasteiger partial charge in [0.1, 0.15) is 11.8 Å². The van der Waals surface area contributed by atoms with Crippen molar-refractivity contribution >= 4 is 34.4 Å². The Labute approximate surface area is 137 Å². The molecule has 0 atom stereocenters. The molecule has 0 fully saturated rings. The average Bonchev–Trinajstić information content (AvgIpc) is 2.94. The molecule has 1 aromatic heterocycles. The van der Waals surface area contributed by atoms with Crippen LogP contribution in [0.3, 0.4) is 0 Å². The topological polar surface area (TPSA) is 59.7 Å². The van der Waals surface area contributed by atoms with E-state index in [0.29, 0.717) is 27.3 Å². The number of allylic oxidation sites excluding steroid dienone is 1. The van der Waals surface area contributed by atoms with Crippen molar-refractivity contribution in [2.24, 2.45) is 0 Å². The number of hydrogen-bond donors (Lipinski definition) is 1. The monoisotopic (exact) mass is 328 g/mol. The molecule has 1 N–H and O–H groups in total. The first-order chi connectivity index (χ1) is 11.1. The van der Waals surface area contributed by atoms with Crippen molar-refractivity contribution in [3.63, 3.8) is 0 Å². The van der Waals surface area contributed by atoms with Gasteiger partial charge in [0.25, 0.3) is 0 Å². The largest absolute Gasteiger partial charge is 0.504 e. The van der Waals surface area contributed by atoms with Crippen molar-refractivity contribution in [1.29, 1.82) is 0 Å². The summed E-state index contributed by atoms with van der Waals surface area (Å²) in [6.07, 6.45) is 4.49. The molecule has 1 heterocycles. The minimum absolute atomic E-state index is 0.0470. The molecule has 0 radical (unpaired) electrons. The highest BCUT2D eigenvalue weighted by Gasteiger charge is 2.15. The molecule has 0 unspecified atom stereocenters. The van der Waals surface area contributed by atoms with E-state index in [1.807, 2.05) is 12.1 Å². The Morgan fingerprint density at radius 1 is 1.30 bits per heavy atom. The first-order valence-corrected chi connectivity index (χ1v) is 7.22. The molecule has 4 nitrogen and oxygen atoms in total. The number of fused-ring (bicyclic) bond motifs is 1. The number of halogens is 1. The van der Waals surface area contributed by atoms with E-state index < -0.39 is 0 Å². The Morgan fingerprint density at radius 3 is 2.87 bits per heavy atom. The molecule has 0 aliphatic rings. The molecule has 0 amide bonds. The van der Waals surface area contributed by atoms with Crippen molar-refractivity contribution in [2.75, 3.05) is 7.11 Å². The smallest absolute Gasteiger partial charge is 0.189 e. The van der Waals surface area contributed by atoms with Crippen LogP contribution in [0.2, 0.25) is 5.02 Å². The molecule has 5 heteroatoms. The summed E-state index contributed by atoms with van der Waals surface area (Å²) in [4.78, 5) is 12.4. The van der Waals surface area contributed by atoms with Crippen molar-refractivity contribution < 1.29 is 19.1 Å². The Hall–Kier alpha value is -2.72. The van der Waals surface area contributed by atoms with Crippen LogP contribution in [0.5, 0.6) is 11.5 Å². The Bertz CT molecular complexity index is 909. The van der Waals surface area contributed by atoms with Crippen LogP contribution in [-0.2, 0) is 0 Å². The summed E-state index contributed by atoms with van der Waals surface area (Å²) in [5, 5.41) is 11.0. The molecule has 0 aliphatic carbocycles. The second-order valence-electron chi connectivity index (χ2n) is 4.92. The van der Waals surface area contributed by atoms with Gasteiger partial charge in [0.2, 0.25) is 0 Å². The normalized spacial score (nSPS) is 11.2. The van der Waals surface area contributed by atoms with Gasteiger partial charge in [-0.1, -0.05) is 29.8 Å². The highest BCUT2D eigenvalue weighted by Crippen LogP contribution is 2.34. The minimum Gasteiger partial charge on any atom is -0.504 e. The van der Waals surface area contributed by atoms with Crippen LogP contribution in [0, 0.1) is 0 Å². The van der Waals surface area contributed by atoms with Crippen LogP contribution in [0.1, 0.15) is 15.9 Å². The lowest BCUT2D eigenvalue weighted by Gasteiger charge is -2.02. The van der Waals surface area contributed by atoms with E-state index in [-0.39, 0.29) is 11.5 Å². The maximum atomic E-state index is 12.4. The SMILES string of the molecule is COc1cc2occ(C(=O)/C=C/c3cccc(Cl)c3)c2cc1O. The molecular weight excluding hydrogens is 316 g/mol. The zero-order valence-corrected chi connectivity index (χ0v) is 13.0. The fraction of sp³-hybridized carbons (Fsp3) is 0.0556. The molecule has 3 aromatic rings. The predicted molar refractivity (Wildman–Crippen MR) is 89.2 cm³/mol. The summed E-state index contributed by atoms with van der Waals surface area (Å²) >= 11 is 5.91. The Morgan fingerprint density at radius 2 is 2.13 bits per heavy atom. The molecule has 0 saturated carbocycles. The highest BCUT2D eigenvalue weighted by molar-refractivity contribution is 6.30. The van der Waals surface area contributed by atoms with Gasteiger partial charge in [0.05, 0.1) is 12.7 Å². The number of rotatable bonds is 4. The third-order valence-corrected chi connectivity index (χ3v) is 3.65. The van der Waals surface area contributed by atoms with Gasteiger partial charge in [0.15, 0.2) is 17.3 Å². The van der Waals surface area contributed by atoms with Gasteiger partial charge in [-0.05, 0) is 29.8 Å². The zero-order chi connectivity index (χ0) is 16.4. The van der Waals surface area contributed by atoms with Gasteiger partial charge in [-0.25, -0.2) is 0 Å². The number of ketones is 1. The number of phenolic OH excluding ortho intramolecular Hbond substituents is 1. The molecule has 116 valence electrons. The van der Waals surface area contributed by atoms with Crippen molar-refractivity contribution in [3.8, 4) is 11.5 Å². The fourth-order valence-corrected chi connectivity index (χ4v) is 2.47. The van der Waals surface area contributed by atoms with Crippen molar-refractivity contribution in [1.82, 2.24) is 0 Å². The van der Waals surface area contributed by atoms with Crippen LogP contribution in [-0.4, -0.2) is 18.0 Å².